The van der Waals surface area contributed by atoms with Crippen molar-refractivity contribution in [3.8, 4) is 0 Å². The van der Waals surface area contributed by atoms with Crippen LogP contribution in [-0.4, -0.2) is 11.4 Å². The van der Waals surface area contributed by atoms with E-state index in [1.807, 2.05) is 32.0 Å². The van der Waals surface area contributed by atoms with E-state index >= 15 is 0 Å². The Balaban J connectivity index is 3.14. The summed E-state index contributed by atoms with van der Waals surface area (Å²) in [6.45, 7) is 3.82. The van der Waals surface area contributed by atoms with Crippen LogP contribution in [0.15, 0.2) is 18.2 Å². The fourth-order valence-corrected chi connectivity index (χ4v) is 1.44. The van der Waals surface area contributed by atoms with Crippen LogP contribution in [0.25, 0.3) is 0 Å². The molecule has 1 unspecified atom stereocenters. The molecule has 0 saturated carbocycles. The summed E-state index contributed by atoms with van der Waals surface area (Å²) in [7, 11) is 0. The monoisotopic (exact) mass is 178 g/mol. The van der Waals surface area contributed by atoms with Gasteiger partial charge in [-0.05, 0) is 23.6 Å². The van der Waals surface area contributed by atoms with E-state index in [0.29, 0.717) is 0 Å². The maximum Gasteiger partial charge on any atom is 0.127 e. The second-order valence-electron chi connectivity index (χ2n) is 3.21. The number of aliphatic hydroxyl groups is 1. The summed E-state index contributed by atoms with van der Waals surface area (Å²) in [5, 5.41) is 9.01. The number of hydrogen-bond acceptors (Lipinski definition) is 2. The lowest BCUT2D eigenvalue weighted by molar-refractivity contribution is -0.108. The highest BCUT2D eigenvalue weighted by molar-refractivity contribution is 5.63. The standard InChI is InChI=1S/C11H14O2/c1-8(6-12)11-5-3-4-10(7-13)9(11)2/h3-6,8,13H,7H2,1-2H3. The Morgan fingerprint density at radius 2 is 2.23 bits per heavy atom. The van der Waals surface area contributed by atoms with Gasteiger partial charge in [0.15, 0.2) is 0 Å². The summed E-state index contributed by atoms with van der Waals surface area (Å²) in [6, 6.07) is 5.66. The molecule has 0 aromatic heterocycles. The van der Waals surface area contributed by atoms with Gasteiger partial charge in [0.1, 0.15) is 6.29 Å². The second kappa shape index (κ2) is 4.19. The third-order valence-corrected chi connectivity index (χ3v) is 2.35. The molecule has 0 aliphatic carbocycles. The fourth-order valence-electron chi connectivity index (χ4n) is 1.44. The van der Waals surface area contributed by atoms with Gasteiger partial charge in [-0.15, -0.1) is 0 Å². The molecule has 70 valence electrons. The molecule has 2 heteroatoms. The van der Waals surface area contributed by atoms with Gasteiger partial charge >= 0.3 is 0 Å². The van der Waals surface area contributed by atoms with E-state index < -0.39 is 0 Å². The smallest absolute Gasteiger partial charge is 0.127 e. The number of rotatable bonds is 3. The molecule has 1 atom stereocenters. The van der Waals surface area contributed by atoms with Crippen molar-refractivity contribution >= 4 is 6.29 Å². The zero-order valence-electron chi connectivity index (χ0n) is 7.95. The summed E-state index contributed by atoms with van der Waals surface area (Å²) in [5.41, 5.74) is 2.91. The molecule has 0 radical (unpaired) electrons. The SMILES string of the molecule is Cc1c(CO)cccc1C(C)C=O. The van der Waals surface area contributed by atoms with Crippen LogP contribution in [0.1, 0.15) is 29.5 Å². The van der Waals surface area contributed by atoms with Crippen LogP contribution < -0.4 is 0 Å². The Labute approximate surface area is 78.2 Å². The maximum absolute atomic E-state index is 10.6. The third kappa shape index (κ3) is 1.95. The van der Waals surface area contributed by atoms with Gasteiger partial charge in [-0.25, -0.2) is 0 Å². The fraction of sp³-hybridized carbons (Fsp3) is 0.364. The van der Waals surface area contributed by atoms with Gasteiger partial charge < -0.3 is 9.90 Å². The molecule has 0 amide bonds. The van der Waals surface area contributed by atoms with E-state index in [1.165, 1.54) is 0 Å². The quantitative estimate of drug-likeness (QED) is 0.716. The lowest BCUT2D eigenvalue weighted by Crippen LogP contribution is -2.00. The highest BCUT2D eigenvalue weighted by Crippen LogP contribution is 2.20. The number of aliphatic hydroxyl groups excluding tert-OH is 1. The van der Waals surface area contributed by atoms with Crippen LogP contribution in [-0.2, 0) is 11.4 Å². The molecule has 1 N–H and O–H groups in total. The van der Waals surface area contributed by atoms with E-state index in [2.05, 4.69) is 0 Å². The number of hydrogen-bond donors (Lipinski definition) is 1. The van der Waals surface area contributed by atoms with Gasteiger partial charge in [0, 0.05) is 5.92 Å². The Bertz CT molecular complexity index is 305. The highest BCUT2D eigenvalue weighted by Gasteiger charge is 2.08. The summed E-state index contributed by atoms with van der Waals surface area (Å²) in [5.74, 6) is -0.0912. The first-order valence-electron chi connectivity index (χ1n) is 4.35. The summed E-state index contributed by atoms with van der Waals surface area (Å²) < 4.78 is 0. The van der Waals surface area contributed by atoms with Crippen LogP contribution in [0, 0.1) is 6.92 Å². The predicted octanol–water partition coefficient (Wildman–Crippen LogP) is 1.79. The maximum atomic E-state index is 10.6. The zero-order chi connectivity index (χ0) is 9.84. The molecule has 1 aromatic rings. The normalized spacial score (nSPS) is 12.5. The van der Waals surface area contributed by atoms with Crippen molar-refractivity contribution in [3.63, 3.8) is 0 Å². The van der Waals surface area contributed by atoms with Gasteiger partial charge in [-0.2, -0.15) is 0 Å². The molecule has 1 aromatic carbocycles. The largest absolute Gasteiger partial charge is 0.392 e. The lowest BCUT2D eigenvalue weighted by Gasteiger charge is -2.11. The van der Waals surface area contributed by atoms with E-state index in [4.69, 9.17) is 5.11 Å². The average molecular weight is 178 g/mol. The molecule has 0 aliphatic rings. The van der Waals surface area contributed by atoms with Crippen molar-refractivity contribution < 1.29 is 9.90 Å². The molecule has 0 heterocycles. The van der Waals surface area contributed by atoms with Gasteiger partial charge in [0.25, 0.3) is 0 Å². The zero-order valence-corrected chi connectivity index (χ0v) is 7.95. The van der Waals surface area contributed by atoms with Crippen molar-refractivity contribution in [2.75, 3.05) is 0 Å². The molecule has 0 aliphatic heterocycles. The van der Waals surface area contributed by atoms with E-state index in [0.717, 1.165) is 23.0 Å². The molecular formula is C11H14O2. The molecule has 0 spiro atoms. The van der Waals surface area contributed by atoms with E-state index in [-0.39, 0.29) is 12.5 Å². The first-order chi connectivity index (χ1) is 6.20. The second-order valence-corrected chi connectivity index (χ2v) is 3.21. The van der Waals surface area contributed by atoms with Crippen molar-refractivity contribution in [2.24, 2.45) is 0 Å². The number of aldehydes is 1. The first kappa shape index (κ1) is 9.93. The topological polar surface area (TPSA) is 37.3 Å². The van der Waals surface area contributed by atoms with Gasteiger partial charge in [0.2, 0.25) is 0 Å². The summed E-state index contributed by atoms with van der Waals surface area (Å²) >= 11 is 0. The first-order valence-corrected chi connectivity index (χ1v) is 4.35. The summed E-state index contributed by atoms with van der Waals surface area (Å²) in [6.07, 6.45) is 0.920. The van der Waals surface area contributed by atoms with Crippen molar-refractivity contribution in [2.45, 2.75) is 26.4 Å². The van der Waals surface area contributed by atoms with Crippen LogP contribution in [0.4, 0.5) is 0 Å². The van der Waals surface area contributed by atoms with Crippen LogP contribution in [0.2, 0.25) is 0 Å². The van der Waals surface area contributed by atoms with Crippen molar-refractivity contribution in [1.29, 1.82) is 0 Å². The number of benzene rings is 1. The average Bonchev–Trinajstić information content (AvgIpc) is 2.17. The van der Waals surface area contributed by atoms with Crippen LogP contribution in [0.3, 0.4) is 0 Å². The van der Waals surface area contributed by atoms with Gasteiger partial charge in [0.05, 0.1) is 6.61 Å². The minimum Gasteiger partial charge on any atom is -0.392 e. The molecule has 1 rings (SSSR count). The Hall–Kier alpha value is -1.15. The van der Waals surface area contributed by atoms with Crippen molar-refractivity contribution in [1.82, 2.24) is 0 Å². The molecule has 13 heavy (non-hydrogen) atoms. The molecule has 0 bridgehead atoms. The predicted molar refractivity (Wildman–Crippen MR) is 51.6 cm³/mol. The molecule has 0 fully saturated rings. The minimum absolute atomic E-state index is 0.0330. The Morgan fingerprint density at radius 3 is 2.77 bits per heavy atom. The molecule has 0 saturated heterocycles. The van der Waals surface area contributed by atoms with Crippen LogP contribution in [0.5, 0.6) is 0 Å². The molecular weight excluding hydrogens is 164 g/mol. The lowest BCUT2D eigenvalue weighted by atomic mass is 9.94. The minimum atomic E-state index is -0.0912. The number of carbonyl (C=O) groups excluding carboxylic acids is 1. The summed E-state index contributed by atoms with van der Waals surface area (Å²) in [4.78, 5) is 10.6. The van der Waals surface area contributed by atoms with Gasteiger partial charge in [-0.1, -0.05) is 25.1 Å². The van der Waals surface area contributed by atoms with E-state index in [9.17, 15) is 4.79 Å². The number of carbonyl (C=O) groups is 1. The highest BCUT2D eigenvalue weighted by atomic mass is 16.3. The third-order valence-electron chi connectivity index (χ3n) is 2.35. The van der Waals surface area contributed by atoms with E-state index in [1.54, 1.807) is 0 Å². The van der Waals surface area contributed by atoms with Crippen molar-refractivity contribution in [3.05, 3.63) is 34.9 Å². The Kier molecular flexibility index (Phi) is 3.20. The Morgan fingerprint density at radius 1 is 1.54 bits per heavy atom. The van der Waals surface area contributed by atoms with Gasteiger partial charge in [-0.3, -0.25) is 0 Å². The molecule has 2 nitrogen and oxygen atoms in total. The van der Waals surface area contributed by atoms with Crippen LogP contribution >= 0.6 is 0 Å².